The monoisotopic (exact) mass is 468 g/mol. The van der Waals surface area contributed by atoms with Gasteiger partial charge in [-0.1, -0.05) is 18.2 Å². The van der Waals surface area contributed by atoms with E-state index in [-0.39, 0.29) is 28.7 Å². The molecule has 2 aromatic rings. The van der Waals surface area contributed by atoms with Crippen LogP contribution in [-0.4, -0.2) is 17.6 Å². The first-order valence-corrected chi connectivity index (χ1v) is 12.8. The third-order valence-electron chi connectivity index (χ3n) is 8.03. The molecule has 0 unspecified atom stereocenters. The summed E-state index contributed by atoms with van der Waals surface area (Å²) in [6.07, 6.45) is 6.67. The van der Waals surface area contributed by atoms with E-state index in [0.29, 0.717) is 23.4 Å². The molecule has 4 bridgehead atoms. The van der Waals surface area contributed by atoms with E-state index in [4.69, 9.17) is 0 Å². The largest absolute Gasteiger partial charge is 0.325 e. The highest BCUT2D eigenvalue weighted by molar-refractivity contribution is 8.00. The van der Waals surface area contributed by atoms with Crippen molar-refractivity contribution in [3.63, 3.8) is 0 Å². The number of anilines is 2. The zero-order valence-electron chi connectivity index (χ0n) is 18.2. The molecule has 33 heavy (non-hydrogen) atoms. The molecule has 1 heterocycles. The zero-order valence-corrected chi connectivity index (χ0v) is 19.0. The SMILES string of the molecule is O=C1CS[C@@H](c2ccccc2NC(=O)C23CC4CC(CC(C4)C2)C3)N1c1cc(F)ccc1F. The Kier molecular flexibility index (Phi) is 5.02. The summed E-state index contributed by atoms with van der Waals surface area (Å²) in [5.74, 6) is 0.692. The molecule has 1 atom stereocenters. The van der Waals surface area contributed by atoms with Gasteiger partial charge in [0.05, 0.1) is 16.9 Å². The van der Waals surface area contributed by atoms with Crippen molar-refractivity contribution < 1.29 is 18.4 Å². The minimum atomic E-state index is -0.646. The third-order valence-corrected chi connectivity index (χ3v) is 9.22. The minimum Gasteiger partial charge on any atom is -0.325 e. The Hall–Kier alpha value is -2.41. The quantitative estimate of drug-likeness (QED) is 0.608. The maximum Gasteiger partial charge on any atom is 0.238 e. The van der Waals surface area contributed by atoms with Gasteiger partial charge in [-0.25, -0.2) is 8.78 Å². The normalized spacial score (nSPS) is 32.4. The molecule has 5 aliphatic rings. The Labute approximate surface area is 196 Å². The van der Waals surface area contributed by atoms with Crippen LogP contribution in [0.2, 0.25) is 0 Å². The number of hydrogen-bond donors (Lipinski definition) is 1. The van der Waals surface area contributed by atoms with Gasteiger partial charge < -0.3 is 5.32 Å². The Morgan fingerprint density at radius 1 is 1.00 bits per heavy atom. The number of carbonyl (C=O) groups is 2. The van der Waals surface area contributed by atoms with Gasteiger partial charge in [0, 0.05) is 17.3 Å². The molecule has 1 aliphatic heterocycles. The van der Waals surface area contributed by atoms with E-state index in [1.807, 2.05) is 24.3 Å². The lowest BCUT2D eigenvalue weighted by atomic mass is 9.49. The number of rotatable bonds is 4. The van der Waals surface area contributed by atoms with Crippen LogP contribution >= 0.6 is 11.8 Å². The predicted octanol–water partition coefficient (Wildman–Crippen LogP) is 5.90. The van der Waals surface area contributed by atoms with E-state index < -0.39 is 17.0 Å². The van der Waals surface area contributed by atoms with Crippen LogP contribution in [0, 0.1) is 34.8 Å². The maximum absolute atomic E-state index is 14.6. The van der Waals surface area contributed by atoms with E-state index in [1.54, 1.807) is 0 Å². The zero-order chi connectivity index (χ0) is 22.7. The van der Waals surface area contributed by atoms with Gasteiger partial charge in [0.25, 0.3) is 0 Å². The van der Waals surface area contributed by atoms with Gasteiger partial charge in [-0.15, -0.1) is 11.8 Å². The highest BCUT2D eigenvalue weighted by Crippen LogP contribution is 2.60. The molecule has 2 aromatic carbocycles. The van der Waals surface area contributed by atoms with Crippen LogP contribution in [0.1, 0.15) is 49.5 Å². The average Bonchev–Trinajstić information content (AvgIpc) is 3.16. The molecule has 5 fully saturated rings. The van der Waals surface area contributed by atoms with Crippen LogP contribution in [0.4, 0.5) is 20.2 Å². The maximum atomic E-state index is 14.6. The fraction of sp³-hybridized carbons (Fsp3) is 0.462. The summed E-state index contributed by atoms with van der Waals surface area (Å²) in [4.78, 5) is 27.7. The summed E-state index contributed by atoms with van der Waals surface area (Å²) in [6, 6.07) is 10.5. The van der Waals surface area contributed by atoms with Crippen LogP contribution < -0.4 is 10.2 Å². The van der Waals surface area contributed by atoms with Crippen molar-refractivity contribution in [1.82, 2.24) is 0 Å². The molecule has 7 heteroatoms. The van der Waals surface area contributed by atoms with E-state index in [0.717, 1.165) is 43.0 Å². The fourth-order valence-electron chi connectivity index (χ4n) is 7.05. The molecule has 1 saturated heterocycles. The standard InChI is InChI=1S/C26H26F2N2O2S/c27-18-5-6-20(28)22(10-18)30-23(31)14-33-24(30)19-3-1-2-4-21(19)29-25(32)26-11-15-7-16(12-26)9-17(8-15)13-26/h1-6,10,15-17,24H,7-9,11-14H2,(H,29,32)/t15?,16?,17?,24-,26?/m0/s1. The van der Waals surface area contributed by atoms with E-state index in [2.05, 4.69) is 5.32 Å². The molecule has 0 spiro atoms. The number of halogens is 2. The van der Waals surface area contributed by atoms with Crippen molar-refractivity contribution in [1.29, 1.82) is 0 Å². The number of hydrogen-bond acceptors (Lipinski definition) is 3. The number of nitrogens with zero attached hydrogens (tertiary/aromatic N) is 1. The van der Waals surface area contributed by atoms with Crippen molar-refractivity contribution in [2.24, 2.45) is 23.2 Å². The highest BCUT2D eigenvalue weighted by atomic mass is 32.2. The Morgan fingerprint density at radius 3 is 2.36 bits per heavy atom. The van der Waals surface area contributed by atoms with Crippen molar-refractivity contribution in [2.75, 3.05) is 16.0 Å². The molecule has 7 rings (SSSR count). The molecule has 172 valence electrons. The molecule has 0 radical (unpaired) electrons. The molecule has 4 aliphatic carbocycles. The van der Waals surface area contributed by atoms with Gasteiger partial charge in [-0.2, -0.15) is 0 Å². The van der Waals surface area contributed by atoms with Gasteiger partial charge in [0.2, 0.25) is 11.8 Å². The first-order valence-electron chi connectivity index (χ1n) is 11.7. The van der Waals surface area contributed by atoms with Crippen molar-refractivity contribution >= 4 is 35.0 Å². The van der Waals surface area contributed by atoms with Crippen LogP contribution in [0.3, 0.4) is 0 Å². The van der Waals surface area contributed by atoms with Gasteiger partial charge in [0.1, 0.15) is 17.0 Å². The topological polar surface area (TPSA) is 49.4 Å². The summed E-state index contributed by atoms with van der Waals surface area (Å²) in [7, 11) is 0. The molecular formula is C26H26F2N2O2S. The number of amides is 2. The van der Waals surface area contributed by atoms with Crippen molar-refractivity contribution in [3.8, 4) is 0 Å². The minimum absolute atomic E-state index is 0.0720. The summed E-state index contributed by atoms with van der Waals surface area (Å²) >= 11 is 1.36. The van der Waals surface area contributed by atoms with Gasteiger partial charge in [0.15, 0.2) is 0 Å². The lowest BCUT2D eigenvalue weighted by Crippen LogP contribution is -2.51. The van der Waals surface area contributed by atoms with Crippen LogP contribution in [0.25, 0.3) is 0 Å². The summed E-state index contributed by atoms with van der Waals surface area (Å²) < 4.78 is 28.5. The number of benzene rings is 2. The number of para-hydroxylation sites is 1. The van der Waals surface area contributed by atoms with Crippen molar-refractivity contribution in [2.45, 2.75) is 43.9 Å². The van der Waals surface area contributed by atoms with Crippen LogP contribution in [0.15, 0.2) is 42.5 Å². The number of thioether (sulfide) groups is 1. The first-order chi connectivity index (χ1) is 15.9. The van der Waals surface area contributed by atoms with Crippen LogP contribution in [0.5, 0.6) is 0 Å². The smallest absolute Gasteiger partial charge is 0.238 e. The Balaban J connectivity index is 1.31. The predicted molar refractivity (Wildman–Crippen MR) is 125 cm³/mol. The lowest BCUT2D eigenvalue weighted by molar-refractivity contribution is -0.140. The molecule has 2 amide bonds. The highest BCUT2D eigenvalue weighted by Gasteiger charge is 2.54. The average molecular weight is 469 g/mol. The van der Waals surface area contributed by atoms with Gasteiger partial charge in [-0.05, 0) is 74.5 Å². The molecular weight excluding hydrogens is 442 g/mol. The molecule has 4 saturated carbocycles. The Morgan fingerprint density at radius 2 is 1.67 bits per heavy atom. The third kappa shape index (κ3) is 3.56. The number of carbonyl (C=O) groups excluding carboxylic acids is 2. The molecule has 1 N–H and O–H groups in total. The van der Waals surface area contributed by atoms with E-state index >= 15 is 0 Å². The van der Waals surface area contributed by atoms with Crippen LogP contribution in [-0.2, 0) is 9.59 Å². The second-order valence-corrected chi connectivity index (χ2v) is 11.3. The summed E-state index contributed by atoms with van der Waals surface area (Å²) in [5, 5.41) is 2.66. The second kappa shape index (κ2) is 7.83. The first kappa shape index (κ1) is 21.1. The lowest BCUT2D eigenvalue weighted by Gasteiger charge is -2.55. The second-order valence-electron chi connectivity index (χ2n) is 10.3. The van der Waals surface area contributed by atoms with Gasteiger partial charge >= 0.3 is 0 Å². The summed E-state index contributed by atoms with van der Waals surface area (Å²) in [5.41, 5.74) is 1.01. The Bertz CT molecular complexity index is 1100. The van der Waals surface area contributed by atoms with Crippen molar-refractivity contribution in [3.05, 3.63) is 59.7 Å². The van der Waals surface area contributed by atoms with E-state index in [9.17, 15) is 18.4 Å². The summed E-state index contributed by atoms with van der Waals surface area (Å²) in [6.45, 7) is 0. The molecule has 4 nitrogen and oxygen atoms in total. The van der Waals surface area contributed by atoms with Gasteiger partial charge in [-0.3, -0.25) is 14.5 Å². The van der Waals surface area contributed by atoms with E-state index in [1.165, 1.54) is 35.9 Å². The number of nitrogens with one attached hydrogen (secondary N) is 1. The fourth-order valence-corrected chi connectivity index (χ4v) is 8.26. The molecule has 0 aromatic heterocycles.